The smallest absolute Gasteiger partial charge is 0.338 e. The number of esters is 1. The van der Waals surface area contributed by atoms with E-state index in [1.165, 1.54) is 0 Å². The van der Waals surface area contributed by atoms with Crippen molar-refractivity contribution in [3.63, 3.8) is 0 Å². The van der Waals surface area contributed by atoms with Gasteiger partial charge in [-0.05, 0) is 19.1 Å². The van der Waals surface area contributed by atoms with Crippen LogP contribution >= 0.6 is 0 Å². The van der Waals surface area contributed by atoms with Crippen molar-refractivity contribution >= 4 is 5.97 Å². The summed E-state index contributed by atoms with van der Waals surface area (Å²) in [6.07, 6.45) is -0.0506. The van der Waals surface area contributed by atoms with Crippen molar-refractivity contribution in [3.05, 3.63) is 35.9 Å². The van der Waals surface area contributed by atoms with Gasteiger partial charge in [0.05, 0.1) is 12.2 Å². The lowest BCUT2D eigenvalue weighted by Gasteiger charge is -2.09. The minimum Gasteiger partial charge on any atom is -0.456 e. The summed E-state index contributed by atoms with van der Waals surface area (Å²) >= 11 is 0. The molecule has 0 spiro atoms. The fourth-order valence-corrected chi connectivity index (χ4v) is 1.21. The van der Waals surface area contributed by atoms with E-state index < -0.39 is 0 Å². The molecule has 0 amide bonds. The average Bonchev–Trinajstić information content (AvgIpc) is 3.02. The van der Waals surface area contributed by atoms with E-state index in [0.29, 0.717) is 12.2 Å². The van der Waals surface area contributed by atoms with Gasteiger partial charge in [-0.2, -0.15) is 0 Å². The molecular formula is C11H12O3. The van der Waals surface area contributed by atoms with E-state index in [1.807, 2.05) is 25.1 Å². The summed E-state index contributed by atoms with van der Waals surface area (Å²) in [5, 5.41) is 0. The van der Waals surface area contributed by atoms with Crippen LogP contribution in [0, 0.1) is 0 Å². The van der Waals surface area contributed by atoms with Gasteiger partial charge in [-0.15, -0.1) is 0 Å². The SMILES string of the molecule is C[C@H](OC(=O)c1ccccc1)[C@@H]1CO1. The summed E-state index contributed by atoms with van der Waals surface area (Å²) in [6, 6.07) is 8.97. The van der Waals surface area contributed by atoms with Crippen LogP contribution in [0.3, 0.4) is 0 Å². The number of benzene rings is 1. The van der Waals surface area contributed by atoms with Crippen LogP contribution in [0.2, 0.25) is 0 Å². The van der Waals surface area contributed by atoms with E-state index in [4.69, 9.17) is 9.47 Å². The van der Waals surface area contributed by atoms with Crippen molar-refractivity contribution in [1.29, 1.82) is 0 Å². The van der Waals surface area contributed by atoms with E-state index in [2.05, 4.69) is 0 Å². The summed E-state index contributed by atoms with van der Waals surface area (Å²) in [6.45, 7) is 2.54. The van der Waals surface area contributed by atoms with Gasteiger partial charge in [-0.25, -0.2) is 4.79 Å². The zero-order valence-electron chi connectivity index (χ0n) is 7.97. The molecule has 3 heteroatoms. The van der Waals surface area contributed by atoms with Crippen molar-refractivity contribution in [1.82, 2.24) is 0 Å². The number of ether oxygens (including phenoxy) is 2. The number of epoxide rings is 1. The van der Waals surface area contributed by atoms with E-state index >= 15 is 0 Å². The maximum atomic E-state index is 11.5. The first kappa shape index (κ1) is 9.21. The number of rotatable bonds is 3. The lowest BCUT2D eigenvalue weighted by Crippen LogP contribution is -2.20. The van der Waals surface area contributed by atoms with Gasteiger partial charge >= 0.3 is 5.97 Å². The van der Waals surface area contributed by atoms with Crippen molar-refractivity contribution < 1.29 is 14.3 Å². The van der Waals surface area contributed by atoms with Crippen LogP contribution < -0.4 is 0 Å². The molecule has 1 fully saturated rings. The molecule has 0 bridgehead atoms. The number of carbonyl (C=O) groups excluding carboxylic acids is 1. The third-order valence-electron chi connectivity index (χ3n) is 2.19. The highest BCUT2D eigenvalue weighted by Crippen LogP contribution is 2.17. The molecule has 0 N–H and O–H groups in total. The molecule has 0 saturated carbocycles. The fourth-order valence-electron chi connectivity index (χ4n) is 1.21. The van der Waals surface area contributed by atoms with Crippen molar-refractivity contribution in [3.8, 4) is 0 Å². The molecule has 1 aliphatic heterocycles. The van der Waals surface area contributed by atoms with Crippen LogP contribution in [0.4, 0.5) is 0 Å². The first-order chi connectivity index (χ1) is 6.77. The topological polar surface area (TPSA) is 38.8 Å². The van der Waals surface area contributed by atoms with Crippen LogP contribution in [0.1, 0.15) is 17.3 Å². The summed E-state index contributed by atoms with van der Waals surface area (Å²) in [5.41, 5.74) is 0.583. The molecule has 0 unspecified atom stereocenters. The third-order valence-corrected chi connectivity index (χ3v) is 2.19. The van der Waals surface area contributed by atoms with Crippen molar-refractivity contribution in [2.45, 2.75) is 19.1 Å². The van der Waals surface area contributed by atoms with Crippen LogP contribution in [-0.2, 0) is 9.47 Å². The maximum absolute atomic E-state index is 11.5. The molecule has 3 nitrogen and oxygen atoms in total. The molecule has 0 radical (unpaired) electrons. The Morgan fingerprint density at radius 1 is 1.50 bits per heavy atom. The normalized spacial score (nSPS) is 21.4. The minimum atomic E-state index is -0.284. The fraction of sp³-hybridized carbons (Fsp3) is 0.364. The van der Waals surface area contributed by atoms with Crippen molar-refractivity contribution in [2.24, 2.45) is 0 Å². The summed E-state index contributed by atoms with van der Waals surface area (Å²) in [5.74, 6) is -0.284. The number of hydrogen-bond acceptors (Lipinski definition) is 3. The zero-order valence-corrected chi connectivity index (χ0v) is 7.97. The number of hydrogen-bond donors (Lipinski definition) is 0. The zero-order chi connectivity index (χ0) is 9.97. The lowest BCUT2D eigenvalue weighted by molar-refractivity contribution is 0.0278. The largest absolute Gasteiger partial charge is 0.456 e. The highest BCUT2D eigenvalue weighted by Gasteiger charge is 2.32. The Kier molecular flexibility index (Phi) is 2.50. The molecule has 1 heterocycles. The second-order valence-electron chi connectivity index (χ2n) is 3.35. The van der Waals surface area contributed by atoms with Gasteiger partial charge in [-0.1, -0.05) is 18.2 Å². The van der Waals surface area contributed by atoms with Gasteiger partial charge in [0.15, 0.2) is 0 Å². The van der Waals surface area contributed by atoms with Crippen LogP contribution in [0.25, 0.3) is 0 Å². The van der Waals surface area contributed by atoms with Crippen molar-refractivity contribution in [2.75, 3.05) is 6.61 Å². The van der Waals surface area contributed by atoms with Crippen LogP contribution in [-0.4, -0.2) is 24.8 Å². The molecule has 1 aliphatic rings. The molecule has 1 saturated heterocycles. The predicted molar refractivity (Wildman–Crippen MR) is 51.1 cm³/mol. The highest BCUT2D eigenvalue weighted by atomic mass is 16.6. The highest BCUT2D eigenvalue weighted by molar-refractivity contribution is 5.89. The molecule has 0 aromatic heterocycles. The second-order valence-corrected chi connectivity index (χ2v) is 3.35. The molecule has 2 atom stereocenters. The Bertz CT molecular complexity index is 317. The Morgan fingerprint density at radius 2 is 2.14 bits per heavy atom. The molecule has 1 aromatic carbocycles. The van der Waals surface area contributed by atoms with Gasteiger partial charge in [0.25, 0.3) is 0 Å². The Labute approximate surface area is 82.6 Å². The van der Waals surface area contributed by atoms with Gasteiger partial charge in [0, 0.05) is 0 Å². The predicted octanol–water partition coefficient (Wildman–Crippen LogP) is 1.63. The molecular weight excluding hydrogens is 180 g/mol. The van der Waals surface area contributed by atoms with E-state index in [1.54, 1.807) is 12.1 Å². The number of carbonyl (C=O) groups is 1. The molecule has 14 heavy (non-hydrogen) atoms. The van der Waals surface area contributed by atoms with Gasteiger partial charge in [0.2, 0.25) is 0 Å². The standard InChI is InChI=1S/C11H12O3/c1-8(10-7-13-10)14-11(12)9-5-3-2-4-6-9/h2-6,8,10H,7H2,1H3/t8-,10-/m0/s1. The third kappa shape index (κ3) is 2.12. The lowest BCUT2D eigenvalue weighted by atomic mass is 10.2. The van der Waals surface area contributed by atoms with Crippen LogP contribution in [0.15, 0.2) is 30.3 Å². The molecule has 2 rings (SSSR count). The quantitative estimate of drug-likeness (QED) is 0.539. The first-order valence-electron chi connectivity index (χ1n) is 4.65. The Balaban J connectivity index is 1.95. The van der Waals surface area contributed by atoms with E-state index in [9.17, 15) is 4.79 Å². The maximum Gasteiger partial charge on any atom is 0.338 e. The van der Waals surface area contributed by atoms with Gasteiger partial charge in [0.1, 0.15) is 12.2 Å². The molecule has 74 valence electrons. The van der Waals surface area contributed by atoms with Gasteiger partial charge < -0.3 is 9.47 Å². The molecule has 0 aliphatic carbocycles. The average molecular weight is 192 g/mol. The van der Waals surface area contributed by atoms with E-state index in [0.717, 1.165) is 0 Å². The summed E-state index contributed by atoms with van der Waals surface area (Å²) in [4.78, 5) is 11.5. The minimum absolute atomic E-state index is 0.0997. The van der Waals surface area contributed by atoms with Crippen LogP contribution in [0.5, 0.6) is 0 Å². The summed E-state index contributed by atoms with van der Waals surface area (Å²) in [7, 11) is 0. The first-order valence-corrected chi connectivity index (χ1v) is 4.65. The Hall–Kier alpha value is -1.35. The summed E-state index contributed by atoms with van der Waals surface area (Å²) < 4.78 is 10.2. The molecule has 1 aromatic rings. The van der Waals surface area contributed by atoms with Gasteiger partial charge in [-0.3, -0.25) is 0 Å². The Morgan fingerprint density at radius 3 is 2.71 bits per heavy atom. The second kappa shape index (κ2) is 3.80. The monoisotopic (exact) mass is 192 g/mol. The van der Waals surface area contributed by atoms with E-state index in [-0.39, 0.29) is 18.2 Å².